The van der Waals surface area contributed by atoms with E-state index >= 15 is 0 Å². The summed E-state index contributed by atoms with van der Waals surface area (Å²) in [6.07, 6.45) is -2.59. The first-order valence-electron chi connectivity index (χ1n) is 9.33. The van der Waals surface area contributed by atoms with Gasteiger partial charge in [0.25, 0.3) is 5.91 Å². The van der Waals surface area contributed by atoms with Crippen LogP contribution in [-0.4, -0.2) is 82.9 Å². The molecule has 2 aliphatic heterocycles. The predicted octanol–water partition coefficient (Wildman–Crippen LogP) is 2.74. The molecule has 1 N–H and O–H groups in total. The van der Waals surface area contributed by atoms with Crippen molar-refractivity contribution in [3.8, 4) is 0 Å². The number of aliphatic carboxylic acids is 1. The standard InChI is InChI=1S/C16H25N3O2S.C2HF3O2/c1-11(2)18(3)14-8-19(16(20)13-9-22-10-17-13)7-12-5-4-6-21-15(12)14;3-2(4,5)1(6)7/h9-12,14-15H,4-8H2,1-3H3;(H,6,7)/t12-,14+,15-;/m0./s1. The number of rotatable bonds is 3. The zero-order valence-electron chi connectivity index (χ0n) is 16.6. The maximum atomic E-state index is 12.7. The summed E-state index contributed by atoms with van der Waals surface area (Å²) < 4.78 is 37.8. The summed E-state index contributed by atoms with van der Waals surface area (Å²) in [5, 5.41) is 8.97. The highest BCUT2D eigenvalue weighted by atomic mass is 32.1. The lowest BCUT2D eigenvalue weighted by atomic mass is 9.84. The van der Waals surface area contributed by atoms with E-state index < -0.39 is 12.1 Å². The van der Waals surface area contributed by atoms with Crippen LogP contribution in [0.25, 0.3) is 0 Å². The maximum Gasteiger partial charge on any atom is 0.490 e. The molecule has 1 amide bonds. The molecule has 0 bridgehead atoms. The Bertz CT molecular complexity index is 684. The Morgan fingerprint density at radius 3 is 2.55 bits per heavy atom. The summed E-state index contributed by atoms with van der Waals surface area (Å²) in [4.78, 5) is 30.1. The highest BCUT2D eigenvalue weighted by Gasteiger charge is 2.43. The number of alkyl halides is 3. The molecule has 1 aromatic rings. The Balaban J connectivity index is 0.000000370. The van der Waals surface area contributed by atoms with E-state index in [0.717, 1.165) is 32.5 Å². The second-order valence-corrected chi connectivity index (χ2v) is 8.17. The van der Waals surface area contributed by atoms with Crippen LogP contribution in [0.15, 0.2) is 10.9 Å². The lowest BCUT2D eigenvalue weighted by molar-refractivity contribution is -0.192. The van der Waals surface area contributed by atoms with Crippen molar-refractivity contribution in [2.24, 2.45) is 5.92 Å². The Labute approximate surface area is 171 Å². The zero-order chi connectivity index (χ0) is 21.8. The first kappa shape index (κ1) is 23.6. The summed E-state index contributed by atoms with van der Waals surface area (Å²) in [7, 11) is 2.14. The Morgan fingerprint density at radius 1 is 1.38 bits per heavy atom. The van der Waals surface area contributed by atoms with E-state index in [1.807, 2.05) is 10.3 Å². The molecule has 3 heterocycles. The van der Waals surface area contributed by atoms with Crippen molar-refractivity contribution in [1.29, 1.82) is 0 Å². The van der Waals surface area contributed by atoms with Crippen LogP contribution in [0.4, 0.5) is 13.2 Å². The summed E-state index contributed by atoms with van der Waals surface area (Å²) in [6.45, 7) is 6.76. The number of nitrogens with zero attached hydrogens (tertiary/aromatic N) is 3. The SMILES string of the molecule is CC(C)N(C)[C@@H]1CN(C(=O)c2cscn2)C[C@@H]2CCCO[C@@H]21.O=C(O)C(F)(F)F. The van der Waals surface area contributed by atoms with Crippen LogP contribution in [-0.2, 0) is 9.53 Å². The van der Waals surface area contributed by atoms with Gasteiger partial charge in [-0.15, -0.1) is 11.3 Å². The van der Waals surface area contributed by atoms with E-state index in [2.05, 4.69) is 30.8 Å². The Hall–Kier alpha value is -1.72. The number of hydrogen-bond donors (Lipinski definition) is 1. The summed E-state index contributed by atoms with van der Waals surface area (Å²) in [6, 6.07) is 0.701. The number of halogens is 3. The molecule has 1 aromatic heterocycles. The smallest absolute Gasteiger partial charge is 0.475 e. The van der Waals surface area contributed by atoms with Crippen LogP contribution >= 0.6 is 11.3 Å². The van der Waals surface area contributed by atoms with Gasteiger partial charge >= 0.3 is 12.1 Å². The molecule has 164 valence electrons. The number of aromatic nitrogens is 1. The Morgan fingerprint density at radius 2 is 2.03 bits per heavy atom. The highest BCUT2D eigenvalue weighted by Crippen LogP contribution is 2.32. The fourth-order valence-corrected chi connectivity index (χ4v) is 4.09. The van der Waals surface area contributed by atoms with Crippen molar-refractivity contribution in [1.82, 2.24) is 14.8 Å². The van der Waals surface area contributed by atoms with Gasteiger partial charge in [-0.3, -0.25) is 9.69 Å². The largest absolute Gasteiger partial charge is 0.490 e. The molecule has 2 aliphatic rings. The minimum absolute atomic E-state index is 0.0624. The van der Waals surface area contributed by atoms with Crippen molar-refractivity contribution in [3.63, 3.8) is 0 Å². The fourth-order valence-electron chi connectivity index (χ4n) is 3.56. The number of likely N-dealkylation sites (N-methyl/N-ethyl adjacent to an activating group) is 1. The zero-order valence-corrected chi connectivity index (χ0v) is 17.4. The Kier molecular flexibility index (Phi) is 8.01. The van der Waals surface area contributed by atoms with Gasteiger partial charge in [-0.2, -0.15) is 13.2 Å². The third kappa shape index (κ3) is 6.13. The van der Waals surface area contributed by atoms with Crippen LogP contribution in [0.1, 0.15) is 37.2 Å². The van der Waals surface area contributed by atoms with Gasteiger partial charge < -0.3 is 14.7 Å². The van der Waals surface area contributed by atoms with Gasteiger partial charge in [-0.1, -0.05) is 0 Å². The van der Waals surface area contributed by atoms with Gasteiger partial charge in [-0.05, 0) is 33.7 Å². The van der Waals surface area contributed by atoms with Crippen molar-refractivity contribution in [2.45, 2.75) is 51.1 Å². The predicted molar refractivity (Wildman–Crippen MR) is 101 cm³/mol. The van der Waals surface area contributed by atoms with E-state index in [9.17, 15) is 18.0 Å². The molecule has 0 aromatic carbocycles. The first-order chi connectivity index (χ1) is 13.5. The normalized spacial score (nSPS) is 24.7. The minimum atomic E-state index is -5.08. The molecule has 2 saturated heterocycles. The number of carbonyl (C=O) groups is 2. The monoisotopic (exact) mass is 437 g/mol. The second-order valence-electron chi connectivity index (χ2n) is 7.45. The number of amides is 1. The average molecular weight is 437 g/mol. The molecule has 2 fully saturated rings. The molecule has 3 atom stereocenters. The molecule has 0 aliphatic carbocycles. The number of piperidine rings is 1. The van der Waals surface area contributed by atoms with Gasteiger partial charge in [0, 0.05) is 37.0 Å². The van der Waals surface area contributed by atoms with E-state index in [-0.39, 0.29) is 18.1 Å². The van der Waals surface area contributed by atoms with Crippen LogP contribution in [0.5, 0.6) is 0 Å². The molecule has 0 spiro atoms. The van der Waals surface area contributed by atoms with E-state index in [0.29, 0.717) is 17.7 Å². The molecule has 11 heteroatoms. The molecule has 0 unspecified atom stereocenters. The van der Waals surface area contributed by atoms with Gasteiger partial charge in [0.15, 0.2) is 0 Å². The molecular weight excluding hydrogens is 411 g/mol. The number of carboxylic acid groups (broad SMARTS) is 1. The van der Waals surface area contributed by atoms with Crippen molar-refractivity contribution in [2.75, 3.05) is 26.7 Å². The van der Waals surface area contributed by atoms with E-state index in [1.165, 1.54) is 11.3 Å². The third-order valence-corrected chi connectivity index (χ3v) is 5.84. The van der Waals surface area contributed by atoms with Crippen LogP contribution in [0.3, 0.4) is 0 Å². The fraction of sp³-hybridized carbons (Fsp3) is 0.722. The molecule has 29 heavy (non-hydrogen) atoms. The lowest BCUT2D eigenvalue weighted by Gasteiger charge is -2.49. The van der Waals surface area contributed by atoms with Gasteiger partial charge in [0.05, 0.1) is 17.7 Å². The van der Waals surface area contributed by atoms with E-state index in [1.54, 1.807) is 5.51 Å². The second kappa shape index (κ2) is 9.86. The number of carbonyl (C=O) groups excluding carboxylic acids is 1. The van der Waals surface area contributed by atoms with E-state index in [4.69, 9.17) is 14.6 Å². The molecule has 0 radical (unpaired) electrons. The lowest BCUT2D eigenvalue weighted by Crippen LogP contribution is -2.62. The summed E-state index contributed by atoms with van der Waals surface area (Å²) >= 11 is 1.47. The minimum Gasteiger partial charge on any atom is -0.475 e. The summed E-state index contributed by atoms with van der Waals surface area (Å²) in [5.74, 6) is -2.25. The number of ether oxygens (including phenoxy) is 1. The number of hydrogen-bond acceptors (Lipinski definition) is 6. The quantitative estimate of drug-likeness (QED) is 0.783. The molecule has 7 nitrogen and oxygen atoms in total. The first-order valence-corrected chi connectivity index (χ1v) is 10.3. The topological polar surface area (TPSA) is 83.0 Å². The van der Waals surface area contributed by atoms with Gasteiger partial charge in [0.1, 0.15) is 5.69 Å². The molecular formula is C18H26F3N3O4S. The van der Waals surface area contributed by atoms with Gasteiger partial charge in [0.2, 0.25) is 0 Å². The molecule has 3 rings (SSSR count). The van der Waals surface area contributed by atoms with Crippen molar-refractivity contribution < 1.29 is 32.6 Å². The highest BCUT2D eigenvalue weighted by molar-refractivity contribution is 7.07. The van der Waals surface area contributed by atoms with Crippen molar-refractivity contribution in [3.05, 3.63) is 16.6 Å². The van der Waals surface area contributed by atoms with Gasteiger partial charge in [-0.25, -0.2) is 9.78 Å². The maximum absolute atomic E-state index is 12.7. The van der Waals surface area contributed by atoms with Crippen LogP contribution < -0.4 is 0 Å². The van der Waals surface area contributed by atoms with Crippen molar-refractivity contribution >= 4 is 23.2 Å². The summed E-state index contributed by atoms with van der Waals surface area (Å²) in [5.41, 5.74) is 2.30. The number of likely N-dealkylation sites (tertiary alicyclic amines) is 1. The molecule has 0 saturated carbocycles. The van der Waals surface area contributed by atoms with Crippen LogP contribution in [0, 0.1) is 5.92 Å². The number of fused-ring (bicyclic) bond motifs is 1. The average Bonchev–Trinajstić information content (AvgIpc) is 3.20. The van der Waals surface area contributed by atoms with Crippen LogP contribution in [0.2, 0.25) is 0 Å². The third-order valence-electron chi connectivity index (χ3n) is 5.25. The number of carboxylic acids is 1. The number of thiazole rings is 1.